The highest BCUT2D eigenvalue weighted by molar-refractivity contribution is 8.32. The third-order valence-electron chi connectivity index (χ3n) is 1.08. The Balaban J connectivity index is 1.96. The predicted octanol–water partition coefficient (Wildman–Crippen LogP) is 2.89. The van der Waals surface area contributed by atoms with Gasteiger partial charge in [0, 0.05) is 0 Å². The predicted molar refractivity (Wildman–Crippen MR) is 51.4 cm³/mol. The number of rotatable bonds is 4. The molecule has 0 radical (unpaired) electrons. The number of thioether (sulfide) groups is 3. The average molecular weight is 180 g/mol. The Morgan fingerprint density at radius 3 is 1.89 bits per heavy atom. The lowest BCUT2D eigenvalue weighted by Crippen LogP contribution is -1.83. The lowest BCUT2D eigenvalue weighted by Gasteiger charge is -1.90. The van der Waals surface area contributed by atoms with Crippen LogP contribution in [0.1, 0.15) is 13.8 Å². The van der Waals surface area contributed by atoms with E-state index in [9.17, 15) is 0 Å². The molecule has 1 aliphatic rings. The summed E-state index contributed by atoms with van der Waals surface area (Å²) in [4.78, 5) is 0. The molecule has 0 aromatic rings. The van der Waals surface area contributed by atoms with Crippen molar-refractivity contribution in [2.24, 2.45) is 0 Å². The first-order valence-corrected chi connectivity index (χ1v) is 6.31. The zero-order valence-corrected chi connectivity index (χ0v) is 8.24. The van der Waals surface area contributed by atoms with Gasteiger partial charge in [0.15, 0.2) is 0 Å². The van der Waals surface area contributed by atoms with Gasteiger partial charge >= 0.3 is 0 Å². The molecule has 0 saturated carbocycles. The van der Waals surface area contributed by atoms with Crippen LogP contribution in [0.25, 0.3) is 0 Å². The molecular weight excluding hydrogens is 168 g/mol. The third kappa shape index (κ3) is 2.64. The smallest absolute Gasteiger partial charge is 0.0724 e. The van der Waals surface area contributed by atoms with E-state index in [0.29, 0.717) is 0 Å². The fourth-order valence-corrected chi connectivity index (χ4v) is 5.11. The summed E-state index contributed by atoms with van der Waals surface area (Å²) in [6, 6.07) is 0. The molecule has 0 aromatic carbocycles. The van der Waals surface area contributed by atoms with Crippen molar-refractivity contribution in [2.45, 2.75) is 23.0 Å². The molecule has 9 heavy (non-hydrogen) atoms. The Bertz CT molecular complexity index is 74.4. The van der Waals surface area contributed by atoms with E-state index in [1.54, 1.807) is 0 Å². The van der Waals surface area contributed by atoms with Crippen molar-refractivity contribution in [1.29, 1.82) is 0 Å². The van der Waals surface area contributed by atoms with Crippen LogP contribution in [0.2, 0.25) is 0 Å². The summed E-state index contributed by atoms with van der Waals surface area (Å²) in [5.74, 6) is 2.55. The van der Waals surface area contributed by atoms with Gasteiger partial charge in [0.2, 0.25) is 0 Å². The van der Waals surface area contributed by atoms with Crippen LogP contribution in [0.5, 0.6) is 0 Å². The standard InChI is InChI=1S/C6H12S3/c1-3-7-5-6(9-5)8-4-2/h5-6H,3-4H2,1-2H3. The summed E-state index contributed by atoms with van der Waals surface area (Å²) >= 11 is 6.29. The van der Waals surface area contributed by atoms with Crippen LogP contribution in [0.3, 0.4) is 0 Å². The SMILES string of the molecule is CCSC1SC1SCC. The summed E-state index contributed by atoms with van der Waals surface area (Å²) in [7, 11) is 0. The zero-order chi connectivity index (χ0) is 6.69. The minimum absolute atomic E-state index is 0.931. The van der Waals surface area contributed by atoms with E-state index in [4.69, 9.17) is 0 Å². The molecule has 1 rings (SSSR count). The highest BCUT2D eigenvalue weighted by Gasteiger charge is 2.37. The molecule has 2 unspecified atom stereocenters. The molecule has 1 fully saturated rings. The van der Waals surface area contributed by atoms with Crippen LogP contribution in [-0.2, 0) is 0 Å². The zero-order valence-electron chi connectivity index (χ0n) is 5.79. The molecule has 1 saturated heterocycles. The highest BCUT2D eigenvalue weighted by Crippen LogP contribution is 2.54. The lowest BCUT2D eigenvalue weighted by atomic mass is 10.9. The maximum Gasteiger partial charge on any atom is 0.0724 e. The Morgan fingerprint density at radius 1 is 1.11 bits per heavy atom. The summed E-state index contributed by atoms with van der Waals surface area (Å²) in [6.07, 6.45) is 0. The number of hydrogen-bond acceptors (Lipinski definition) is 3. The van der Waals surface area contributed by atoms with Gasteiger partial charge in [-0.3, -0.25) is 0 Å². The van der Waals surface area contributed by atoms with E-state index in [-0.39, 0.29) is 0 Å². The van der Waals surface area contributed by atoms with Crippen molar-refractivity contribution in [2.75, 3.05) is 11.5 Å². The summed E-state index contributed by atoms with van der Waals surface area (Å²) in [6.45, 7) is 4.47. The van der Waals surface area contributed by atoms with E-state index < -0.39 is 0 Å². The maximum absolute atomic E-state index is 2.23. The Labute approximate surface area is 69.9 Å². The summed E-state index contributed by atoms with van der Waals surface area (Å²) < 4.78 is 1.86. The van der Waals surface area contributed by atoms with Crippen LogP contribution in [0.15, 0.2) is 0 Å². The fourth-order valence-electron chi connectivity index (χ4n) is 0.651. The molecule has 0 nitrogen and oxygen atoms in total. The molecule has 3 heteroatoms. The van der Waals surface area contributed by atoms with Crippen molar-refractivity contribution in [1.82, 2.24) is 0 Å². The summed E-state index contributed by atoms with van der Waals surface area (Å²) in [5, 5.41) is 0. The van der Waals surface area contributed by atoms with Gasteiger partial charge in [0.05, 0.1) is 9.16 Å². The molecule has 0 spiro atoms. The topological polar surface area (TPSA) is 0 Å². The van der Waals surface area contributed by atoms with Gasteiger partial charge in [-0.05, 0) is 11.5 Å². The van der Waals surface area contributed by atoms with Gasteiger partial charge in [-0.2, -0.15) is 0 Å². The van der Waals surface area contributed by atoms with Crippen molar-refractivity contribution >= 4 is 35.3 Å². The minimum Gasteiger partial charge on any atom is -0.146 e. The second-order valence-electron chi connectivity index (χ2n) is 1.78. The first-order valence-electron chi connectivity index (χ1n) is 3.27. The van der Waals surface area contributed by atoms with Crippen LogP contribution in [0, 0.1) is 0 Å². The molecule has 0 N–H and O–H groups in total. The molecule has 0 aliphatic carbocycles. The fraction of sp³-hybridized carbons (Fsp3) is 1.00. The minimum atomic E-state index is 0.931. The monoisotopic (exact) mass is 180 g/mol. The van der Waals surface area contributed by atoms with Crippen molar-refractivity contribution in [3.63, 3.8) is 0 Å². The molecule has 2 atom stereocenters. The van der Waals surface area contributed by atoms with E-state index in [2.05, 4.69) is 49.1 Å². The van der Waals surface area contributed by atoms with Crippen molar-refractivity contribution < 1.29 is 0 Å². The van der Waals surface area contributed by atoms with Gasteiger partial charge in [-0.1, -0.05) is 13.8 Å². The van der Waals surface area contributed by atoms with Crippen molar-refractivity contribution in [3.05, 3.63) is 0 Å². The van der Waals surface area contributed by atoms with Gasteiger partial charge in [0.1, 0.15) is 0 Å². The summed E-state index contributed by atoms with van der Waals surface area (Å²) in [5.41, 5.74) is 0. The molecular formula is C6H12S3. The van der Waals surface area contributed by atoms with Gasteiger partial charge < -0.3 is 0 Å². The van der Waals surface area contributed by atoms with Crippen LogP contribution in [0.4, 0.5) is 0 Å². The molecule has 54 valence electrons. The maximum atomic E-state index is 2.23. The normalized spacial score (nSPS) is 32.7. The quantitative estimate of drug-likeness (QED) is 0.611. The van der Waals surface area contributed by atoms with Crippen molar-refractivity contribution in [3.8, 4) is 0 Å². The van der Waals surface area contributed by atoms with E-state index >= 15 is 0 Å². The average Bonchev–Trinajstić information content (AvgIpc) is 2.50. The Morgan fingerprint density at radius 2 is 1.56 bits per heavy atom. The Hall–Kier alpha value is 1.05. The first kappa shape index (κ1) is 8.15. The second kappa shape index (κ2) is 4.04. The molecule has 0 aromatic heterocycles. The van der Waals surface area contributed by atoms with Gasteiger partial charge in [0.25, 0.3) is 0 Å². The third-order valence-corrected chi connectivity index (χ3v) is 5.71. The van der Waals surface area contributed by atoms with E-state index in [0.717, 1.165) is 9.16 Å². The largest absolute Gasteiger partial charge is 0.146 e. The van der Waals surface area contributed by atoms with Gasteiger partial charge in [-0.25, -0.2) is 0 Å². The number of hydrogen-bond donors (Lipinski definition) is 0. The second-order valence-corrected chi connectivity index (χ2v) is 6.51. The molecule has 1 heterocycles. The molecule has 0 bridgehead atoms. The van der Waals surface area contributed by atoms with E-state index in [1.807, 2.05) is 0 Å². The molecule has 0 amide bonds. The lowest BCUT2D eigenvalue weighted by molar-refractivity contribution is 1.44. The van der Waals surface area contributed by atoms with Crippen LogP contribution < -0.4 is 0 Å². The van der Waals surface area contributed by atoms with Crippen LogP contribution in [-0.4, -0.2) is 20.7 Å². The molecule has 1 aliphatic heterocycles. The van der Waals surface area contributed by atoms with E-state index in [1.165, 1.54) is 11.5 Å². The van der Waals surface area contributed by atoms with Gasteiger partial charge in [-0.15, -0.1) is 35.3 Å². The first-order chi connectivity index (χ1) is 4.38. The highest BCUT2D eigenvalue weighted by atomic mass is 32.2. The van der Waals surface area contributed by atoms with Crippen LogP contribution >= 0.6 is 35.3 Å². The Kier molecular flexibility index (Phi) is 3.66.